The molecule has 9 heavy (non-hydrogen) atoms. The SMILES string of the molecule is C=C1C=CCC(CN)=C1. The van der Waals surface area contributed by atoms with Gasteiger partial charge in [-0.25, -0.2) is 0 Å². The van der Waals surface area contributed by atoms with Crippen LogP contribution in [0.5, 0.6) is 0 Å². The summed E-state index contributed by atoms with van der Waals surface area (Å²) in [6.07, 6.45) is 7.14. The zero-order valence-electron chi connectivity index (χ0n) is 5.43. The molecule has 0 aromatic heterocycles. The van der Waals surface area contributed by atoms with Gasteiger partial charge in [-0.05, 0) is 12.0 Å². The van der Waals surface area contributed by atoms with Crippen LogP contribution in [0.1, 0.15) is 6.42 Å². The molecule has 2 N–H and O–H groups in total. The lowest BCUT2D eigenvalue weighted by molar-refractivity contribution is 1.05. The second kappa shape index (κ2) is 2.65. The Hall–Kier alpha value is -0.820. The molecule has 1 heteroatoms. The average molecular weight is 121 g/mol. The molecule has 0 spiro atoms. The van der Waals surface area contributed by atoms with Gasteiger partial charge in [0.1, 0.15) is 0 Å². The molecule has 0 heterocycles. The molecule has 1 aliphatic rings. The maximum absolute atomic E-state index is 5.42. The Morgan fingerprint density at radius 1 is 1.67 bits per heavy atom. The highest BCUT2D eigenvalue weighted by Gasteiger charge is 1.96. The minimum Gasteiger partial charge on any atom is -0.327 e. The molecule has 0 fully saturated rings. The first-order valence-electron chi connectivity index (χ1n) is 3.08. The number of rotatable bonds is 1. The van der Waals surface area contributed by atoms with E-state index >= 15 is 0 Å². The van der Waals surface area contributed by atoms with Gasteiger partial charge in [0.15, 0.2) is 0 Å². The molecule has 0 aromatic carbocycles. The minimum atomic E-state index is 0.656. The summed E-state index contributed by atoms with van der Waals surface area (Å²) < 4.78 is 0. The van der Waals surface area contributed by atoms with E-state index in [9.17, 15) is 0 Å². The van der Waals surface area contributed by atoms with Crippen LogP contribution in [0.2, 0.25) is 0 Å². The van der Waals surface area contributed by atoms with Gasteiger partial charge in [-0.15, -0.1) is 0 Å². The van der Waals surface area contributed by atoms with Gasteiger partial charge in [0.2, 0.25) is 0 Å². The Kier molecular flexibility index (Phi) is 1.85. The van der Waals surface area contributed by atoms with Crippen molar-refractivity contribution in [2.24, 2.45) is 5.73 Å². The van der Waals surface area contributed by atoms with Crippen LogP contribution in [0.3, 0.4) is 0 Å². The summed E-state index contributed by atoms with van der Waals surface area (Å²) in [6.45, 7) is 4.45. The van der Waals surface area contributed by atoms with Crippen molar-refractivity contribution in [3.8, 4) is 0 Å². The van der Waals surface area contributed by atoms with Crippen LogP contribution in [-0.2, 0) is 0 Å². The summed E-state index contributed by atoms with van der Waals surface area (Å²) in [5.74, 6) is 0. The maximum atomic E-state index is 5.42. The van der Waals surface area contributed by atoms with E-state index in [0.29, 0.717) is 6.54 Å². The zero-order chi connectivity index (χ0) is 6.69. The number of nitrogens with two attached hydrogens (primary N) is 1. The average Bonchev–Trinajstić information content (AvgIpc) is 1.88. The molecule has 0 saturated carbocycles. The first kappa shape index (κ1) is 6.30. The monoisotopic (exact) mass is 121 g/mol. The van der Waals surface area contributed by atoms with E-state index in [4.69, 9.17) is 5.73 Å². The Balaban J connectivity index is 2.66. The molecule has 0 atom stereocenters. The van der Waals surface area contributed by atoms with E-state index in [-0.39, 0.29) is 0 Å². The molecule has 0 radical (unpaired) electrons. The molecule has 0 aliphatic heterocycles. The molecule has 1 rings (SSSR count). The fourth-order valence-corrected chi connectivity index (χ4v) is 0.873. The molecular weight excluding hydrogens is 110 g/mol. The molecule has 1 nitrogen and oxygen atoms in total. The molecule has 0 unspecified atom stereocenters. The first-order chi connectivity index (χ1) is 4.33. The van der Waals surface area contributed by atoms with Crippen molar-refractivity contribution in [3.63, 3.8) is 0 Å². The van der Waals surface area contributed by atoms with Crippen molar-refractivity contribution in [1.82, 2.24) is 0 Å². The molecule has 48 valence electrons. The van der Waals surface area contributed by atoms with Gasteiger partial charge in [0.25, 0.3) is 0 Å². The van der Waals surface area contributed by atoms with Crippen LogP contribution in [0.15, 0.2) is 36.0 Å². The van der Waals surface area contributed by atoms with E-state index in [0.717, 1.165) is 12.0 Å². The topological polar surface area (TPSA) is 26.0 Å². The lowest BCUT2D eigenvalue weighted by atomic mass is 10.0. The van der Waals surface area contributed by atoms with E-state index in [1.165, 1.54) is 5.57 Å². The molecule has 1 aliphatic carbocycles. The van der Waals surface area contributed by atoms with Crippen molar-refractivity contribution in [3.05, 3.63) is 36.0 Å². The van der Waals surface area contributed by atoms with E-state index in [2.05, 4.69) is 12.7 Å². The van der Waals surface area contributed by atoms with E-state index < -0.39 is 0 Å². The summed E-state index contributed by atoms with van der Waals surface area (Å²) in [5, 5.41) is 0. The van der Waals surface area contributed by atoms with Gasteiger partial charge < -0.3 is 5.73 Å². The second-order valence-electron chi connectivity index (χ2n) is 2.19. The van der Waals surface area contributed by atoms with Crippen LogP contribution in [0, 0.1) is 0 Å². The van der Waals surface area contributed by atoms with Gasteiger partial charge in [0.05, 0.1) is 0 Å². The smallest absolute Gasteiger partial charge is 0.0143 e. The Morgan fingerprint density at radius 2 is 2.44 bits per heavy atom. The van der Waals surface area contributed by atoms with Crippen molar-refractivity contribution in [2.45, 2.75) is 6.42 Å². The predicted octanol–water partition coefficient (Wildman–Crippen LogP) is 1.39. The highest BCUT2D eigenvalue weighted by atomic mass is 14.5. The minimum absolute atomic E-state index is 0.656. The summed E-state index contributed by atoms with van der Waals surface area (Å²) in [5.41, 5.74) is 7.75. The van der Waals surface area contributed by atoms with Crippen LogP contribution < -0.4 is 5.73 Å². The van der Waals surface area contributed by atoms with Crippen molar-refractivity contribution < 1.29 is 0 Å². The third-order valence-electron chi connectivity index (χ3n) is 1.36. The summed E-state index contributed by atoms with van der Waals surface area (Å²) in [7, 11) is 0. The van der Waals surface area contributed by atoms with Crippen molar-refractivity contribution in [1.29, 1.82) is 0 Å². The highest BCUT2D eigenvalue weighted by Crippen LogP contribution is 2.11. The Bertz CT molecular complexity index is 175. The summed E-state index contributed by atoms with van der Waals surface area (Å²) >= 11 is 0. The zero-order valence-corrected chi connectivity index (χ0v) is 5.43. The standard InChI is InChI=1S/C8H11N/c1-7-3-2-4-8(5-7)6-9/h2-3,5H,1,4,6,9H2. The third kappa shape index (κ3) is 1.54. The predicted molar refractivity (Wildman–Crippen MR) is 40.0 cm³/mol. The largest absolute Gasteiger partial charge is 0.327 e. The fraction of sp³-hybridized carbons (Fsp3) is 0.250. The normalized spacial score (nSPS) is 17.9. The van der Waals surface area contributed by atoms with Gasteiger partial charge in [-0.2, -0.15) is 0 Å². The lowest BCUT2D eigenvalue weighted by Gasteiger charge is -2.05. The molecule has 0 bridgehead atoms. The Morgan fingerprint density at radius 3 is 2.89 bits per heavy atom. The molecule has 0 aromatic rings. The van der Waals surface area contributed by atoms with Gasteiger partial charge in [0, 0.05) is 6.54 Å². The third-order valence-corrected chi connectivity index (χ3v) is 1.36. The van der Waals surface area contributed by atoms with Gasteiger partial charge >= 0.3 is 0 Å². The van der Waals surface area contributed by atoms with Crippen molar-refractivity contribution >= 4 is 0 Å². The summed E-state index contributed by atoms with van der Waals surface area (Å²) in [6, 6.07) is 0. The van der Waals surface area contributed by atoms with Crippen molar-refractivity contribution in [2.75, 3.05) is 6.54 Å². The van der Waals surface area contributed by atoms with E-state index in [1.54, 1.807) is 0 Å². The van der Waals surface area contributed by atoms with E-state index in [1.807, 2.05) is 12.2 Å². The maximum Gasteiger partial charge on any atom is 0.0143 e. The number of hydrogen-bond donors (Lipinski definition) is 1. The molecule has 0 saturated heterocycles. The second-order valence-corrected chi connectivity index (χ2v) is 2.19. The Labute approximate surface area is 55.6 Å². The van der Waals surface area contributed by atoms with Gasteiger partial charge in [-0.3, -0.25) is 0 Å². The van der Waals surface area contributed by atoms with Crippen LogP contribution in [0.25, 0.3) is 0 Å². The highest BCUT2D eigenvalue weighted by molar-refractivity contribution is 5.36. The molecule has 0 amide bonds. The lowest BCUT2D eigenvalue weighted by Crippen LogP contribution is -2.03. The van der Waals surface area contributed by atoms with Crippen LogP contribution in [-0.4, -0.2) is 6.54 Å². The van der Waals surface area contributed by atoms with Crippen LogP contribution >= 0.6 is 0 Å². The number of allylic oxidation sites excluding steroid dienone is 4. The summed E-state index contributed by atoms with van der Waals surface area (Å²) in [4.78, 5) is 0. The van der Waals surface area contributed by atoms with Crippen LogP contribution in [0.4, 0.5) is 0 Å². The van der Waals surface area contributed by atoms with Gasteiger partial charge in [-0.1, -0.05) is 30.4 Å². The quantitative estimate of drug-likeness (QED) is 0.557. The number of hydrogen-bond acceptors (Lipinski definition) is 1. The first-order valence-corrected chi connectivity index (χ1v) is 3.08. The fourth-order valence-electron chi connectivity index (χ4n) is 0.873. The molecular formula is C8H11N.